The van der Waals surface area contributed by atoms with Gasteiger partial charge in [-0.15, -0.1) is 0 Å². The Hall–Kier alpha value is -1.63. The second-order valence-electron chi connectivity index (χ2n) is 6.65. The Labute approximate surface area is 161 Å². The van der Waals surface area contributed by atoms with Crippen LogP contribution >= 0.6 is 11.6 Å². The van der Waals surface area contributed by atoms with E-state index in [1.165, 1.54) is 5.56 Å². The lowest BCUT2D eigenvalue weighted by molar-refractivity contribution is -0.448. The van der Waals surface area contributed by atoms with Gasteiger partial charge in [-0.05, 0) is 38.7 Å². The second kappa shape index (κ2) is 11.2. The normalized spacial score (nSPS) is 21.6. The van der Waals surface area contributed by atoms with Crippen LogP contribution in [-0.4, -0.2) is 36.7 Å². The molecule has 146 valence electrons. The molecular formula is C19H32ClN4O2+. The molecule has 1 saturated carbocycles. The Balaban J connectivity index is 0.000000258. The van der Waals surface area contributed by atoms with E-state index in [1.54, 1.807) is 0 Å². The average Bonchev–Trinajstić information content (AvgIpc) is 3.12. The Bertz CT molecular complexity index is 593. The molecule has 0 amide bonds. The summed E-state index contributed by atoms with van der Waals surface area (Å²) < 4.78 is 0. The standard InChI is InChI=1S/C10H12ClN3.C8H15NO2.CH3/c1-7-3-2-4-8(11)9(7)14-10-12-5-6-13-10;9-5-6-1-3-7(4-2-6)8(10)11;/h2-4H,5-6H2,1H3,(H2,12,13,14);6-7H,1-5,9H2,(H,10,11);1H3/q;;-1/p+2. The molecule has 2 aliphatic rings. The second-order valence-corrected chi connectivity index (χ2v) is 7.06. The highest BCUT2D eigenvalue weighted by atomic mass is 35.5. The third-order valence-corrected chi connectivity index (χ3v) is 5.19. The largest absolute Gasteiger partial charge is 0.481 e. The average molecular weight is 384 g/mol. The number of carbonyl (C=O) groups is 1. The first-order valence-electron chi connectivity index (χ1n) is 8.91. The summed E-state index contributed by atoms with van der Waals surface area (Å²) in [5, 5.41) is 14.7. The van der Waals surface area contributed by atoms with Crippen LogP contribution in [-0.2, 0) is 4.79 Å². The number of nitrogens with one attached hydrogen (secondary N) is 1. The molecule has 1 aromatic rings. The molecule has 3 rings (SSSR count). The van der Waals surface area contributed by atoms with Gasteiger partial charge in [-0.1, -0.05) is 23.7 Å². The molecule has 0 radical (unpaired) electrons. The van der Waals surface area contributed by atoms with E-state index in [2.05, 4.69) is 16.0 Å². The summed E-state index contributed by atoms with van der Waals surface area (Å²) in [6.45, 7) is 4.80. The van der Waals surface area contributed by atoms with Crippen LogP contribution in [0, 0.1) is 26.2 Å². The van der Waals surface area contributed by atoms with Crippen molar-refractivity contribution in [3.05, 3.63) is 36.2 Å². The van der Waals surface area contributed by atoms with Crippen molar-refractivity contribution >= 4 is 29.2 Å². The molecule has 1 aliphatic carbocycles. The number of carboxylic acid groups (broad SMARTS) is 1. The lowest BCUT2D eigenvalue weighted by Crippen LogP contribution is -2.85. The van der Waals surface area contributed by atoms with Gasteiger partial charge in [0, 0.05) is 18.0 Å². The number of quaternary nitrogens is 2. The van der Waals surface area contributed by atoms with E-state index in [1.807, 2.05) is 30.4 Å². The molecule has 1 aliphatic heterocycles. The van der Waals surface area contributed by atoms with Gasteiger partial charge in [0.1, 0.15) is 5.02 Å². The van der Waals surface area contributed by atoms with Gasteiger partial charge in [-0.2, -0.15) is 0 Å². The topological polar surface area (TPSA) is 106 Å². The number of rotatable bonds is 3. The molecule has 0 spiro atoms. The minimum absolute atomic E-state index is 0. The molecule has 7 heteroatoms. The molecule has 26 heavy (non-hydrogen) atoms. The maximum atomic E-state index is 10.5. The van der Waals surface area contributed by atoms with Crippen LogP contribution in [0.15, 0.2) is 23.2 Å². The highest BCUT2D eigenvalue weighted by Crippen LogP contribution is 2.27. The van der Waals surface area contributed by atoms with Gasteiger partial charge in [-0.25, -0.2) is 10.3 Å². The zero-order valence-corrected chi connectivity index (χ0v) is 16.6. The van der Waals surface area contributed by atoms with Gasteiger partial charge in [-0.3, -0.25) is 4.79 Å². The van der Waals surface area contributed by atoms with Crippen molar-refractivity contribution in [1.82, 2.24) is 5.32 Å². The number of aliphatic carboxylic acids is 1. The van der Waals surface area contributed by atoms with Crippen molar-refractivity contribution in [2.45, 2.75) is 32.6 Å². The van der Waals surface area contributed by atoms with E-state index in [0.29, 0.717) is 5.92 Å². The monoisotopic (exact) mass is 383 g/mol. The zero-order valence-electron chi connectivity index (χ0n) is 15.8. The highest BCUT2D eigenvalue weighted by Gasteiger charge is 2.25. The number of benzene rings is 1. The van der Waals surface area contributed by atoms with Gasteiger partial charge in [0.25, 0.3) is 5.96 Å². The van der Waals surface area contributed by atoms with Crippen LogP contribution < -0.4 is 16.4 Å². The number of nitrogens with two attached hydrogens (primary N) is 1. The van der Waals surface area contributed by atoms with Crippen LogP contribution in [0.25, 0.3) is 0 Å². The summed E-state index contributed by atoms with van der Waals surface area (Å²) in [5.74, 6) is 0.928. The summed E-state index contributed by atoms with van der Waals surface area (Å²) in [4.78, 5) is 14.8. The molecule has 1 aromatic carbocycles. The first kappa shape index (κ1) is 22.4. The smallest absolute Gasteiger partial charge is 0.306 e. The van der Waals surface area contributed by atoms with E-state index in [-0.39, 0.29) is 13.3 Å². The van der Waals surface area contributed by atoms with E-state index >= 15 is 0 Å². The molecular weight excluding hydrogens is 352 g/mol. The fourth-order valence-corrected chi connectivity index (χ4v) is 3.45. The fourth-order valence-electron chi connectivity index (χ4n) is 3.18. The summed E-state index contributed by atoms with van der Waals surface area (Å²) in [6, 6.07) is 5.90. The molecule has 1 fully saturated rings. The van der Waals surface area contributed by atoms with Crippen LogP contribution in [0.2, 0.25) is 5.02 Å². The minimum Gasteiger partial charge on any atom is -0.481 e. The van der Waals surface area contributed by atoms with Crippen LogP contribution in [0.1, 0.15) is 31.2 Å². The van der Waals surface area contributed by atoms with Crippen molar-refractivity contribution < 1.29 is 21.0 Å². The van der Waals surface area contributed by atoms with Crippen molar-refractivity contribution in [2.24, 2.45) is 16.8 Å². The first-order chi connectivity index (χ1) is 12.0. The maximum Gasteiger partial charge on any atom is 0.306 e. The van der Waals surface area contributed by atoms with Crippen molar-refractivity contribution in [1.29, 1.82) is 0 Å². The summed E-state index contributed by atoms with van der Waals surface area (Å²) in [6.07, 6.45) is 3.83. The fraction of sp³-hybridized carbons (Fsp3) is 0.526. The van der Waals surface area contributed by atoms with E-state index in [0.717, 1.165) is 62.0 Å². The zero-order chi connectivity index (χ0) is 18.2. The summed E-state index contributed by atoms with van der Waals surface area (Å²) in [5.41, 5.74) is 6.06. The number of para-hydroxylation sites is 1. The number of aryl methyl sites for hydroxylation is 1. The number of hydrogen-bond donors (Lipinski definition) is 4. The predicted molar refractivity (Wildman–Crippen MR) is 105 cm³/mol. The number of halogens is 1. The summed E-state index contributed by atoms with van der Waals surface area (Å²) in [7, 11) is 0. The SMILES string of the molecule is Cc1cccc(Cl)c1[NH2+]C1=NCCN1.[CH3-].[NH3+]CC1CCC(C(=O)O)CC1. The van der Waals surface area contributed by atoms with Gasteiger partial charge in [0.15, 0.2) is 5.69 Å². The Kier molecular flexibility index (Phi) is 9.62. The third kappa shape index (κ3) is 6.59. The molecule has 0 atom stereocenters. The quantitative estimate of drug-likeness (QED) is 0.467. The van der Waals surface area contributed by atoms with Gasteiger partial charge in [0.2, 0.25) is 0 Å². The molecule has 6 nitrogen and oxygen atoms in total. The van der Waals surface area contributed by atoms with Crippen LogP contribution in [0.4, 0.5) is 5.69 Å². The molecule has 0 bridgehead atoms. The Morgan fingerprint density at radius 3 is 2.58 bits per heavy atom. The third-order valence-electron chi connectivity index (χ3n) is 4.86. The van der Waals surface area contributed by atoms with Crippen molar-refractivity contribution in [2.75, 3.05) is 19.6 Å². The molecule has 0 aromatic heterocycles. The lowest BCUT2D eigenvalue weighted by atomic mass is 9.82. The highest BCUT2D eigenvalue weighted by molar-refractivity contribution is 6.32. The van der Waals surface area contributed by atoms with Gasteiger partial charge < -0.3 is 23.6 Å². The van der Waals surface area contributed by atoms with Crippen LogP contribution in [0.5, 0.6) is 0 Å². The molecule has 0 unspecified atom stereocenters. The van der Waals surface area contributed by atoms with E-state index in [4.69, 9.17) is 16.7 Å². The van der Waals surface area contributed by atoms with Gasteiger partial charge >= 0.3 is 5.97 Å². The molecule has 7 N–H and O–H groups in total. The number of guanidine groups is 1. The Morgan fingerprint density at radius 2 is 2.08 bits per heavy atom. The summed E-state index contributed by atoms with van der Waals surface area (Å²) >= 11 is 6.09. The molecule has 0 saturated heterocycles. The molecule has 1 heterocycles. The number of hydrogen-bond acceptors (Lipinski definition) is 3. The van der Waals surface area contributed by atoms with Gasteiger partial charge in [0.05, 0.1) is 19.0 Å². The predicted octanol–water partition coefficient (Wildman–Crippen LogP) is 1.37. The van der Waals surface area contributed by atoms with Crippen molar-refractivity contribution in [3.8, 4) is 0 Å². The van der Waals surface area contributed by atoms with E-state index < -0.39 is 5.97 Å². The van der Waals surface area contributed by atoms with Crippen molar-refractivity contribution in [3.63, 3.8) is 0 Å². The van der Waals surface area contributed by atoms with E-state index in [9.17, 15) is 4.79 Å². The number of nitrogens with zero attached hydrogens (tertiary/aromatic N) is 1. The lowest BCUT2D eigenvalue weighted by Gasteiger charge is -2.23. The number of carboxylic acids is 1. The number of aliphatic imine (C=N–C) groups is 1. The van der Waals surface area contributed by atoms with Crippen LogP contribution in [0.3, 0.4) is 0 Å². The maximum absolute atomic E-state index is 10.5. The minimum atomic E-state index is -0.618. The first-order valence-corrected chi connectivity index (χ1v) is 9.29. The Morgan fingerprint density at radius 1 is 1.38 bits per heavy atom.